The minimum Gasteiger partial charge on any atom is -0.396 e. The van der Waals surface area contributed by atoms with Crippen molar-refractivity contribution in [3.63, 3.8) is 0 Å². The second kappa shape index (κ2) is 6.51. The highest BCUT2D eigenvalue weighted by molar-refractivity contribution is 5.14. The summed E-state index contributed by atoms with van der Waals surface area (Å²) in [6, 6.07) is 10.7. The van der Waals surface area contributed by atoms with Gasteiger partial charge in [-0.05, 0) is 5.56 Å². The topological polar surface area (TPSA) is 26.7 Å². The molecule has 3 heteroatoms. The SMILES string of the molecule is CC(C)(CO)CN1CCN(Cc2ccccc2)CC1. The van der Waals surface area contributed by atoms with Crippen LogP contribution >= 0.6 is 0 Å². The Morgan fingerprint density at radius 3 is 2.16 bits per heavy atom. The van der Waals surface area contributed by atoms with Gasteiger partial charge in [-0.15, -0.1) is 0 Å². The lowest BCUT2D eigenvalue weighted by molar-refractivity contribution is 0.0640. The van der Waals surface area contributed by atoms with Crippen LogP contribution in [0.5, 0.6) is 0 Å². The average Bonchev–Trinajstić information content (AvgIpc) is 2.42. The lowest BCUT2D eigenvalue weighted by Gasteiger charge is -2.38. The Labute approximate surface area is 116 Å². The third-order valence-electron chi connectivity index (χ3n) is 3.79. The van der Waals surface area contributed by atoms with Crippen molar-refractivity contribution in [1.82, 2.24) is 9.80 Å². The van der Waals surface area contributed by atoms with E-state index in [2.05, 4.69) is 54.0 Å². The van der Waals surface area contributed by atoms with Gasteiger partial charge >= 0.3 is 0 Å². The molecule has 1 fully saturated rings. The first kappa shape index (κ1) is 14.5. The highest BCUT2D eigenvalue weighted by atomic mass is 16.3. The van der Waals surface area contributed by atoms with E-state index in [0.717, 1.165) is 39.3 Å². The van der Waals surface area contributed by atoms with Crippen molar-refractivity contribution >= 4 is 0 Å². The van der Waals surface area contributed by atoms with Gasteiger partial charge in [-0.1, -0.05) is 44.2 Å². The van der Waals surface area contributed by atoms with Crippen LogP contribution in [0.25, 0.3) is 0 Å². The molecule has 0 aliphatic carbocycles. The molecule has 0 bridgehead atoms. The summed E-state index contributed by atoms with van der Waals surface area (Å²) in [5.74, 6) is 0. The molecule has 1 aliphatic rings. The summed E-state index contributed by atoms with van der Waals surface area (Å²) in [7, 11) is 0. The van der Waals surface area contributed by atoms with E-state index in [1.54, 1.807) is 0 Å². The molecular weight excluding hydrogens is 236 g/mol. The largest absolute Gasteiger partial charge is 0.396 e. The van der Waals surface area contributed by atoms with E-state index >= 15 is 0 Å². The third kappa shape index (κ3) is 4.60. The van der Waals surface area contributed by atoms with Gasteiger partial charge in [-0.2, -0.15) is 0 Å². The third-order valence-corrected chi connectivity index (χ3v) is 3.79. The molecule has 106 valence electrons. The molecule has 0 atom stereocenters. The maximum atomic E-state index is 9.33. The molecule has 19 heavy (non-hydrogen) atoms. The van der Waals surface area contributed by atoms with Gasteiger partial charge in [-0.25, -0.2) is 0 Å². The predicted octanol–water partition coefficient (Wildman–Crippen LogP) is 1.82. The van der Waals surface area contributed by atoms with Gasteiger partial charge in [0.25, 0.3) is 0 Å². The number of hydrogen-bond acceptors (Lipinski definition) is 3. The van der Waals surface area contributed by atoms with Crippen LogP contribution in [0.2, 0.25) is 0 Å². The molecule has 2 rings (SSSR count). The van der Waals surface area contributed by atoms with E-state index in [4.69, 9.17) is 0 Å². The van der Waals surface area contributed by atoms with Crippen LogP contribution in [0.3, 0.4) is 0 Å². The van der Waals surface area contributed by atoms with Crippen LogP contribution in [-0.2, 0) is 6.54 Å². The number of hydrogen-bond donors (Lipinski definition) is 1. The average molecular weight is 262 g/mol. The first-order valence-electron chi connectivity index (χ1n) is 7.18. The number of aliphatic hydroxyl groups excluding tert-OH is 1. The van der Waals surface area contributed by atoms with E-state index in [1.165, 1.54) is 5.56 Å². The molecule has 1 saturated heterocycles. The molecule has 0 spiro atoms. The smallest absolute Gasteiger partial charge is 0.0494 e. The number of aliphatic hydroxyl groups is 1. The summed E-state index contributed by atoms with van der Waals surface area (Å²) < 4.78 is 0. The van der Waals surface area contributed by atoms with Gasteiger partial charge in [0.1, 0.15) is 0 Å². The molecule has 1 heterocycles. The zero-order valence-corrected chi connectivity index (χ0v) is 12.2. The number of nitrogens with zero attached hydrogens (tertiary/aromatic N) is 2. The van der Waals surface area contributed by atoms with Crippen molar-refractivity contribution in [2.24, 2.45) is 5.41 Å². The monoisotopic (exact) mass is 262 g/mol. The maximum absolute atomic E-state index is 9.33. The Morgan fingerprint density at radius 1 is 1.00 bits per heavy atom. The standard InChI is InChI=1S/C16H26N2O/c1-16(2,14-19)13-18-10-8-17(9-11-18)12-15-6-4-3-5-7-15/h3-7,19H,8-14H2,1-2H3. The summed E-state index contributed by atoms with van der Waals surface area (Å²) in [5.41, 5.74) is 1.41. The maximum Gasteiger partial charge on any atom is 0.0494 e. The second-order valence-corrected chi connectivity index (χ2v) is 6.36. The fourth-order valence-corrected chi connectivity index (χ4v) is 2.60. The van der Waals surface area contributed by atoms with Gasteiger partial charge in [0.2, 0.25) is 0 Å². The molecular formula is C16H26N2O. The number of rotatable bonds is 5. The minimum absolute atomic E-state index is 0.0155. The Bertz CT molecular complexity index is 370. The highest BCUT2D eigenvalue weighted by Crippen LogP contribution is 2.17. The minimum atomic E-state index is 0.0155. The van der Waals surface area contributed by atoms with Crippen LogP contribution < -0.4 is 0 Å². The summed E-state index contributed by atoms with van der Waals surface area (Å²) in [4.78, 5) is 4.98. The predicted molar refractivity (Wildman–Crippen MR) is 79.0 cm³/mol. The lowest BCUT2D eigenvalue weighted by Crippen LogP contribution is -2.49. The van der Waals surface area contributed by atoms with E-state index < -0.39 is 0 Å². The first-order valence-corrected chi connectivity index (χ1v) is 7.18. The van der Waals surface area contributed by atoms with Gasteiger partial charge in [-0.3, -0.25) is 4.90 Å². The molecule has 0 amide bonds. The fraction of sp³-hybridized carbons (Fsp3) is 0.625. The van der Waals surface area contributed by atoms with Crippen LogP contribution in [-0.4, -0.2) is 54.2 Å². The highest BCUT2D eigenvalue weighted by Gasteiger charge is 2.24. The van der Waals surface area contributed by atoms with E-state index in [-0.39, 0.29) is 12.0 Å². The van der Waals surface area contributed by atoms with Crippen molar-refractivity contribution in [2.75, 3.05) is 39.3 Å². The lowest BCUT2D eigenvalue weighted by atomic mass is 9.94. The zero-order chi connectivity index (χ0) is 13.7. The van der Waals surface area contributed by atoms with E-state index in [1.807, 2.05) is 0 Å². The second-order valence-electron chi connectivity index (χ2n) is 6.36. The van der Waals surface area contributed by atoms with Crippen LogP contribution in [0.15, 0.2) is 30.3 Å². The van der Waals surface area contributed by atoms with Gasteiger partial charge < -0.3 is 10.0 Å². The van der Waals surface area contributed by atoms with Crippen molar-refractivity contribution in [1.29, 1.82) is 0 Å². The molecule has 0 radical (unpaired) electrons. The number of piperazine rings is 1. The van der Waals surface area contributed by atoms with E-state index in [0.29, 0.717) is 0 Å². The Morgan fingerprint density at radius 2 is 1.58 bits per heavy atom. The molecule has 1 aromatic carbocycles. The Kier molecular flexibility index (Phi) is 4.97. The zero-order valence-electron chi connectivity index (χ0n) is 12.2. The molecule has 0 aromatic heterocycles. The van der Waals surface area contributed by atoms with Crippen molar-refractivity contribution < 1.29 is 5.11 Å². The fourth-order valence-electron chi connectivity index (χ4n) is 2.60. The number of benzene rings is 1. The Balaban J connectivity index is 1.77. The van der Waals surface area contributed by atoms with E-state index in [9.17, 15) is 5.11 Å². The Hall–Kier alpha value is -0.900. The molecule has 1 aromatic rings. The quantitative estimate of drug-likeness (QED) is 0.877. The summed E-state index contributed by atoms with van der Waals surface area (Å²) in [5, 5.41) is 9.33. The van der Waals surface area contributed by atoms with Crippen LogP contribution in [0.4, 0.5) is 0 Å². The molecule has 0 unspecified atom stereocenters. The van der Waals surface area contributed by atoms with Gasteiger partial charge in [0, 0.05) is 51.3 Å². The molecule has 3 nitrogen and oxygen atoms in total. The van der Waals surface area contributed by atoms with Crippen LogP contribution in [0.1, 0.15) is 19.4 Å². The summed E-state index contributed by atoms with van der Waals surface area (Å²) in [6.07, 6.45) is 0. The van der Waals surface area contributed by atoms with Gasteiger partial charge in [0.15, 0.2) is 0 Å². The van der Waals surface area contributed by atoms with Crippen molar-refractivity contribution in [3.8, 4) is 0 Å². The molecule has 0 saturated carbocycles. The van der Waals surface area contributed by atoms with Crippen molar-refractivity contribution in [3.05, 3.63) is 35.9 Å². The van der Waals surface area contributed by atoms with Gasteiger partial charge in [0.05, 0.1) is 0 Å². The summed E-state index contributed by atoms with van der Waals surface area (Å²) >= 11 is 0. The normalized spacial score (nSPS) is 18.7. The molecule has 1 N–H and O–H groups in total. The van der Waals surface area contributed by atoms with Crippen LogP contribution in [0, 0.1) is 5.41 Å². The molecule has 1 aliphatic heterocycles. The van der Waals surface area contributed by atoms with Crippen molar-refractivity contribution in [2.45, 2.75) is 20.4 Å². The first-order chi connectivity index (χ1) is 9.09. The summed E-state index contributed by atoms with van der Waals surface area (Å²) in [6.45, 7) is 11.0.